The second kappa shape index (κ2) is 11.1. The number of fused-ring (bicyclic) bond motifs is 1. The quantitative estimate of drug-likeness (QED) is 0.329. The molecule has 2 aliphatic heterocycles. The summed E-state index contributed by atoms with van der Waals surface area (Å²) in [6.45, 7) is 3.64. The van der Waals surface area contributed by atoms with Crippen LogP contribution in [-0.4, -0.2) is 69.9 Å². The van der Waals surface area contributed by atoms with Crippen LogP contribution in [0.3, 0.4) is 0 Å². The number of anilines is 3. The van der Waals surface area contributed by atoms with E-state index in [1.807, 2.05) is 17.0 Å². The lowest BCUT2D eigenvalue weighted by Crippen LogP contribution is -2.41. The molecule has 13 heteroatoms. The number of rotatable bonds is 6. The van der Waals surface area contributed by atoms with Crippen molar-refractivity contribution in [1.29, 1.82) is 0 Å². The molecule has 204 valence electrons. The van der Waals surface area contributed by atoms with E-state index in [0.717, 1.165) is 18.5 Å². The van der Waals surface area contributed by atoms with Gasteiger partial charge < -0.3 is 19.9 Å². The summed E-state index contributed by atoms with van der Waals surface area (Å²) >= 11 is 12.2. The van der Waals surface area contributed by atoms with Crippen LogP contribution in [0.2, 0.25) is 10.0 Å². The van der Waals surface area contributed by atoms with Crippen molar-refractivity contribution in [3.63, 3.8) is 0 Å². The summed E-state index contributed by atoms with van der Waals surface area (Å²) in [5, 5.41) is 4.53. The molecule has 2 saturated heterocycles. The minimum Gasteiger partial charge on any atom is -0.382 e. The zero-order valence-corrected chi connectivity index (χ0v) is 22.4. The van der Waals surface area contributed by atoms with Crippen LogP contribution < -0.4 is 15.1 Å². The first kappa shape index (κ1) is 26.0. The van der Waals surface area contributed by atoms with E-state index in [1.165, 1.54) is 4.57 Å². The number of morpholine rings is 1. The molecule has 0 bridgehead atoms. The van der Waals surface area contributed by atoms with E-state index in [1.54, 1.807) is 30.3 Å². The van der Waals surface area contributed by atoms with Crippen LogP contribution >= 0.6 is 23.2 Å². The van der Waals surface area contributed by atoms with Gasteiger partial charge in [0.05, 0.1) is 34.3 Å². The van der Waals surface area contributed by atoms with Gasteiger partial charge in [0.25, 0.3) is 6.43 Å². The fourth-order valence-corrected chi connectivity index (χ4v) is 5.23. The molecule has 6 rings (SSSR count). The fourth-order valence-electron chi connectivity index (χ4n) is 4.94. The summed E-state index contributed by atoms with van der Waals surface area (Å²) in [6, 6.07) is 12.7. The summed E-state index contributed by atoms with van der Waals surface area (Å²) < 4.78 is 35.1. The summed E-state index contributed by atoms with van der Waals surface area (Å²) in [5.74, 6) is 0.618. The number of para-hydroxylation sites is 2. The van der Waals surface area contributed by atoms with E-state index >= 15 is 0 Å². The van der Waals surface area contributed by atoms with Crippen molar-refractivity contribution < 1.29 is 13.5 Å². The second-order valence-electron chi connectivity index (χ2n) is 9.46. The normalized spacial score (nSPS) is 16.8. The monoisotopic (exact) mass is 574 g/mol. The van der Waals surface area contributed by atoms with Crippen LogP contribution in [0.5, 0.6) is 0 Å². The Bertz CT molecular complexity index is 1470. The third-order valence-corrected chi connectivity index (χ3v) is 7.68. The van der Waals surface area contributed by atoms with Crippen molar-refractivity contribution in [3.05, 3.63) is 58.3 Å². The zero-order chi connectivity index (χ0) is 26.9. The van der Waals surface area contributed by atoms with Gasteiger partial charge in [0, 0.05) is 37.9 Å². The summed E-state index contributed by atoms with van der Waals surface area (Å²) in [5.41, 5.74) is 1.88. The molecule has 0 saturated carbocycles. The molecule has 9 nitrogen and oxygen atoms in total. The molecular formula is C26H26Cl2F2N8O. The Kier molecular flexibility index (Phi) is 7.37. The van der Waals surface area contributed by atoms with Gasteiger partial charge in [0.2, 0.25) is 17.8 Å². The van der Waals surface area contributed by atoms with Crippen LogP contribution in [0, 0.1) is 0 Å². The minimum absolute atomic E-state index is 0.126. The van der Waals surface area contributed by atoms with Gasteiger partial charge in [-0.1, -0.05) is 35.3 Å². The van der Waals surface area contributed by atoms with Gasteiger partial charge in [-0.15, -0.1) is 0 Å². The molecule has 0 aliphatic carbocycles. The van der Waals surface area contributed by atoms with Crippen LogP contribution in [0.4, 0.5) is 26.4 Å². The summed E-state index contributed by atoms with van der Waals surface area (Å²) in [6.07, 6.45) is -1.15. The molecule has 1 N–H and O–H groups in total. The van der Waals surface area contributed by atoms with E-state index in [2.05, 4.69) is 20.2 Å². The Morgan fingerprint density at radius 3 is 2.18 bits per heavy atom. The minimum atomic E-state index is -2.80. The molecule has 0 amide bonds. The van der Waals surface area contributed by atoms with E-state index in [4.69, 9.17) is 37.9 Å². The predicted molar refractivity (Wildman–Crippen MR) is 148 cm³/mol. The maximum atomic E-state index is 14.1. The molecule has 2 aliphatic rings. The Labute approximate surface area is 233 Å². The lowest BCUT2D eigenvalue weighted by Gasteiger charge is -2.34. The molecule has 2 aromatic heterocycles. The Morgan fingerprint density at radius 1 is 0.821 bits per heavy atom. The molecule has 4 aromatic rings. The predicted octanol–water partition coefficient (Wildman–Crippen LogP) is 5.37. The standard InChI is InChI=1S/C26H26Cl2F2N8O/c27-18-6-5-17(15-19(18)28)31-16-7-9-36(10-8-16)24-33-25(37-11-13-39-14-12-37)35-26(34-24)38-21-4-2-1-3-20(21)32-23(38)22(29)30/h1-6,15-16,22,31H,7-14H2. The molecule has 2 aromatic carbocycles. The second-order valence-corrected chi connectivity index (χ2v) is 10.3. The van der Waals surface area contributed by atoms with E-state index < -0.39 is 12.2 Å². The fraction of sp³-hybridized carbons (Fsp3) is 0.385. The molecule has 0 spiro atoms. The van der Waals surface area contributed by atoms with Crippen molar-refractivity contribution in [2.24, 2.45) is 0 Å². The van der Waals surface area contributed by atoms with E-state index in [9.17, 15) is 8.78 Å². The average molecular weight is 575 g/mol. The summed E-state index contributed by atoms with van der Waals surface area (Å²) in [7, 11) is 0. The number of piperidine rings is 1. The van der Waals surface area contributed by atoms with Crippen molar-refractivity contribution in [3.8, 4) is 5.95 Å². The molecule has 39 heavy (non-hydrogen) atoms. The van der Waals surface area contributed by atoms with Crippen LogP contribution in [0.25, 0.3) is 17.0 Å². The van der Waals surface area contributed by atoms with Crippen molar-refractivity contribution in [2.45, 2.75) is 25.3 Å². The lowest BCUT2D eigenvalue weighted by atomic mass is 10.0. The SMILES string of the molecule is FC(F)c1nc2ccccc2n1-c1nc(N2CCOCC2)nc(N2CCC(Nc3ccc(Cl)c(Cl)c3)CC2)n1. The number of hydrogen-bond acceptors (Lipinski definition) is 8. The van der Waals surface area contributed by atoms with Gasteiger partial charge in [0.1, 0.15) is 0 Å². The van der Waals surface area contributed by atoms with Crippen LogP contribution in [-0.2, 0) is 4.74 Å². The maximum Gasteiger partial charge on any atom is 0.296 e. The van der Waals surface area contributed by atoms with Gasteiger partial charge in [-0.2, -0.15) is 15.0 Å². The number of imidazole rings is 1. The van der Waals surface area contributed by atoms with Gasteiger partial charge >= 0.3 is 0 Å². The number of halogens is 4. The molecule has 0 radical (unpaired) electrons. The Balaban J connectivity index is 1.31. The highest BCUT2D eigenvalue weighted by atomic mass is 35.5. The number of alkyl halides is 2. The summed E-state index contributed by atoms with van der Waals surface area (Å²) in [4.78, 5) is 22.4. The number of nitrogens with one attached hydrogen (secondary N) is 1. The number of benzene rings is 2. The van der Waals surface area contributed by atoms with Crippen molar-refractivity contribution in [1.82, 2.24) is 24.5 Å². The van der Waals surface area contributed by atoms with E-state index in [0.29, 0.717) is 72.4 Å². The van der Waals surface area contributed by atoms with Crippen LogP contribution in [0.15, 0.2) is 42.5 Å². The third kappa shape index (κ3) is 5.43. The molecular weight excluding hydrogens is 549 g/mol. The first-order valence-corrected chi connectivity index (χ1v) is 13.5. The number of nitrogens with zero attached hydrogens (tertiary/aromatic N) is 7. The van der Waals surface area contributed by atoms with Gasteiger partial charge in [0.15, 0.2) is 5.82 Å². The van der Waals surface area contributed by atoms with Crippen molar-refractivity contribution in [2.75, 3.05) is 54.5 Å². The van der Waals surface area contributed by atoms with Gasteiger partial charge in [-0.05, 0) is 43.2 Å². The van der Waals surface area contributed by atoms with Gasteiger partial charge in [-0.25, -0.2) is 13.8 Å². The van der Waals surface area contributed by atoms with Crippen LogP contribution in [0.1, 0.15) is 25.1 Å². The molecule has 4 heterocycles. The smallest absolute Gasteiger partial charge is 0.296 e. The highest BCUT2D eigenvalue weighted by Crippen LogP contribution is 2.30. The number of ether oxygens (including phenoxy) is 1. The largest absolute Gasteiger partial charge is 0.382 e. The average Bonchev–Trinajstić information content (AvgIpc) is 3.36. The molecule has 0 unspecified atom stereocenters. The topological polar surface area (TPSA) is 84.2 Å². The van der Waals surface area contributed by atoms with Gasteiger partial charge in [-0.3, -0.25) is 4.57 Å². The molecule has 0 atom stereocenters. The lowest BCUT2D eigenvalue weighted by molar-refractivity contribution is 0.122. The number of aromatic nitrogens is 5. The first-order chi connectivity index (χ1) is 19.0. The highest BCUT2D eigenvalue weighted by Gasteiger charge is 2.27. The highest BCUT2D eigenvalue weighted by molar-refractivity contribution is 6.42. The number of hydrogen-bond donors (Lipinski definition) is 1. The maximum absolute atomic E-state index is 14.1. The Hall–Kier alpha value is -3.28. The third-order valence-electron chi connectivity index (χ3n) is 6.94. The molecule has 2 fully saturated rings. The Morgan fingerprint density at radius 2 is 1.49 bits per heavy atom. The first-order valence-electron chi connectivity index (χ1n) is 12.8. The van der Waals surface area contributed by atoms with E-state index in [-0.39, 0.29) is 12.0 Å². The zero-order valence-electron chi connectivity index (χ0n) is 20.9. The van der Waals surface area contributed by atoms with Crippen molar-refractivity contribution >= 4 is 51.8 Å².